The first kappa shape index (κ1) is 22.7. The van der Waals surface area contributed by atoms with E-state index in [9.17, 15) is 17.6 Å². The van der Waals surface area contributed by atoms with E-state index in [1.165, 1.54) is 12.1 Å². The third-order valence-electron chi connectivity index (χ3n) is 4.28. The highest BCUT2D eigenvalue weighted by atomic mass is 32.2. The fourth-order valence-electron chi connectivity index (χ4n) is 3.13. The number of anilines is 1. The predicted octanol–water partition coefficient (Wildman–Crippen LogP) is 3.18. The Morgan fingerprint density at radius 3 is 2.24 bits per heavy atom. The Kier molecular flexibility index (Phi) is 7.61. The first-order valence-corrected chi connectivity index (χ1v) is 11.2. The van der Waals surface area contributed by atoms with E-state index in [1.807, 2.05) is 32.0 Å². The molecule has 6 nitrogen and oxygen atoms in total. The normalized spacial score (nSPS) is 12.3. The summed E-state index contributed by atoms with van der Waals surface area (Å²) in [7, 11) is -3.75. The summed E-state index contributed by atoms with van der Waals surface area (Å²) in [5.74, 6) is -0.206. The van der Waals surface area contributed by atoms with Crippen LogP contribution in [0.3, 0.4) is 0 Å². The molecule has 0 spiro atoms. The molecule has 2 rings (SSSR count). The molecule has 8 heteroatoms. The van der Waals surface area contributed by atoms with Gasteiger partial charge in [0.1, 0.15) is 24.2 Å². The molecular formula is C21H27FN2O4S. The molecule has 2 aromatic carbocycles. The molecule has 0 aromatic heterocycles. The molecule has 0 heterocycles. The van der Waals surface area contributed by atoms with Gasteiger partial charge in [-0.2, -0.15) is 0 Å². The van der Waals surface area contributed by atoms with Gasteiger partial charge in [-0.1, -0.05) is 13.0 Å². The van der Waals surface area contributed by atoms with Crippen molar-refractivity contribution in [1.29, 1.82) is 0 Å². The number of ether oxygens (including phenoxy) is 1. The molecule has 2 aromatic rings. The van der Waals surface area contributed by atoms with Crippen LogP contribution in [0.15, 0.2) is 42.5 Å². The Morgan fingerprint density at radius 1 is 1.14 bits per heavy atom. The number of sulfonamides is 1. The van der Waals surface area contributed by atoms with Crippen LogP contribution in [0, 0.1) is 19.7 Å². The van der Waals surface area contributed by atoms with Crippen LogP contribution in [0.5, 0.6) is 5.75 Å². The number of aryl methyl sites for hydroxylation is 2. The van der Waals surface area contributed by atoms with Crippen LogP contribution in [0.1, 0.15) is 24.5 Å². The summed E-state index contributed by atoms with van der Waals surface area (Å²) >= 11 is 0. The van der Waals surface area contributed by atoms with Crippen LogP contribution in [0.25, 0.3) is 0 Å². The predicted molar refractivity (Wildman–Crippen MR) is 112 cm³/mol. The highest BCUT2D eigenvalue weighted by molar-refractivity contribution is 7.92. The number of halogens is 1. The monoisotopic (exact) mass is 422 g/mol. The summed E-state index contributed by atoms with van der Waals surface area (Å²) in [6, 6.07) is 9.91. The summed E-state index contributed by atoms with van der Waals surface area (Å²) in [6.45, 7) is 6.15. The average molecular weight is 423 g/mol. The Bertz CT molecular complexity index is 925. The first-order chi connectivity index (χ1) is 13.6. The fourth-order valence-corrected chi connectivity index (χ4v) is 4.34. The maximum atomic E-state index is 13.2. The zero-order valence-corrected chi connectivity index (χ0v) is 17.9. The molecule has 1 N–H and O–H groups in total. The van der Waals surface area contributed by atoms with Crippen LogP contribution >= 0.6 is 0 Å². The van der Waals surface area contributed by atoms with Gasteiger partial charge in [0.25, 0.3) is 0 Å². The number of nitrogens with one attached hydrogen (secondary N) is 1. The van der Waals surface area contributed by atoms with Gasteiger partial charge in [-0.25, -0.2) is 12.8 Å². The molecule has 0 saturated heterocycles. The molecule has 0 aliphatic carbocycles. The number of amides is 1. The number of benzene rings is 2. The molecule has 1 amide bonds. The number of carbonyl (C=O) groups is 1. The Balaban J connectivity index is 2.04. The van der Waals surface area contributed by atoms with E-state index >= 15 is 0 Å². The molecule has 0 saturated carbocycles. The van der Waals surface area contributed by atoms with Gasteiger partial charge in [0.2, 0.25) is 15.9 Å². The molecule has 1 atom stereocenters. The van der Waals surface area contributed by atoms with E-state index in [-0.39, 0.29) is 25.3 Å². The van der Waals surface area contributed by atoms with E-state index in [0.717, 1.165) is 33.8 Å². The van der Waals surface area contributed by atoms with Crippen molar-refractivity contribution in [2.75, 3.05) is 23.7 Å². The van der Waals surface area contributed by atoms with E-state index in [0.29, 0.717) is 5.75 Å². The molecule has 0 aliphatic heterocycles. The Labute approximate surface area is 171 Å². The third-order valence-corrected chi connectivity index (χ3v) is 5.46. The zero-order valence-electron chi connectivity index (χ0n) is 17.1. The van der Waals surface area contributed by atoms with Gasteiger partial charge in [0, 0.05) is 0 Å². The van der Waals surface area contributed by atoms with Crippen molar-refractivity contribution >= 4 is 21.6 Å². The van der Waals surface area contributed by atoms with Gasteiger partial charge >= 0.3 is 0 Å². The molecule has 0 aliphatic rings. The highest BCUT2D eigenvalue weighted by Crippen LogP contribution is 2.23. The van der Waals surface area contributed by atoms with Crippen molar-refractivity contribution in [3.8, 4) is 5.75 Å². The standard InChI is InChI=1S/C21H27FN2O4S/c1-5-20(24(29(4,26)27)18-8-6-17(22)7-9-18)21(25)23-10-11-28-19-13-15(2)12-16(3)14-19/h6-9,12-14,20H,5,10-11H2,1-4H3,(H,23,25)/t20-/m1/s1. The SMILES string of the molecule is CC[C@H](C(=O)NCCOc1cc(C)cc(C)c1)N(c1ccc(F)cc1)S(C)(=O)=O. The van der Waals surface area contributed by atoms with Crippen LogP contribution in [0.4, 0.5) is 10.1 Å². The Morgan fingerprint density at radius 2 is 1.72 bits per heavy atom. The maximum Gasteiger partial charge on any atom is 0.244 e. The quantitative estimate of drug-likeness (QED) is 0.630. The number of hydrogen-bond donors (Lipinski definition) is 1. The molecule has 0 bridgehead atoms. The van der Waals surface area contributed by atoms with E-state index < -0.39 is 27.8 Å². The minimum atomic E-state index is -3.75. The molecule has 0 fully saturated rings. The summed E-state index contributed by atoms with van der Waals surface area (Å²) < 4.78 is 44.6. The number of hydrogen-bond acceptors (Lipinski definition) is 4. The second kappa shape index (κ2) is 9.73. The molecular weight excluding hydrogens is 395 g/mol. The minimum Gasteiger partial charge on any atom is -0.492 e. The van der Waals surface area contributed by atoms with Crippen LogP contribution in [-0.2, 0) is 14.8 Å². The van der Waals surface area contributed by atoms with Gasteiger partial charge in [0.15, 0.2) is 0 Å². The van der Waals surface area contributed by atoms with Gasteiger partial charge in [-0.15, -0.1) is 0 Å². The van der Waals surface area contributed by atoms with Crippen molar-refractivity contribution in [2.45, 2.75) is 33.2 Å². The zero-order chi connectivity index (χ0) is 21.6. The lowest BCUT2D eigenvalue weighted by Crippen LogP contribution is -2.50. The second-order valence-corrected chi connectivity index (χ2v) is 8.78. The lowest BCUT2D eigenvalue weighted by molar-refractivity contribution is -0.122. The molecule has 158 valence electrons. The molecule has 0 unspecified atom stereocenters. The van der Waals surface area contributed by atoms with Gasteiger partial charge in [-0.05, 0) is 67.8 Å². The van der Waals surface area contributed by atoms with Gasteiger partial charge < -0.3 is 10.1 Å². The number of nitrogens with zero attached hydrogens (tertiary/aromatic N) is 1. The first-order valence-electron chi connectivity index (χ1n) is 9.35. The topological polar surface area (TPSA) is 75.7 Å². The highest BCUT2D eigenvalue weighted by Gasteiger charge is 2.31. The van der Waals surface area contributed by atoms with E-state index in [2.05, 4.69) is 5.32 Å². The van der Waals surface area contributed by atoms with Crippen molar-refractivity contribution in [2.24, 2.45) is 0 Å². The number of carbonyl (C=O) groups excluding carboxylic acids is 1. The van der Waals surface area contributed by atoms with Crippen molar-refractivity contribution < 1.29 is 22.3 Å². The van der Waals surface area contributed by atoms with E-state index in [4.69, 9.17) is 4.74 Å². The van der Waals surface area contributed by atoms with Gasteiger partial charge in [0.05, 0.1) is 18.5 Å². The maximum absolute atomic E-state index is 13.2. The summed E-state index contributed by atoms with van der Waals surface area (Å²) in [5, 5.41) is 2.72. The lowest BCUT2D eigenvalue weighted by Gasteiger charge is -2.30. The summed E-state index contributed by atoms with van der Waals surface area (Å²) in [5.41, 5.74) is 2.40. The van der Waals surface area contributed by atoms with Crippen molar-refractivity contribution in [3.63, 3.8) is 0 Å². The minimum absolute atomic E-state index is 0.226. The van der Waals surface area contributed by atoms with Gasteiger partial charge in [-0.3, -0.25) is 9.10 Å². The van der Waals surface area contributed by atoms with Crippen LogP contribution in [-0.4, -0.2) is 39.8 Å². The summed E-state index contributed by atoms with van der Waals surface area (Å²) in [6.07, 6.45) is 1.28. The summed E-state index contributed by atoms with van der Waals surface area (Å²) in [4.78, 5) is 12.7. The lowest BCUT2D eigenvalue weighted by atomic mass is 10.1. The van der Waals surface area contributed by atoms with Crippen molar-refractivity contribution in [3.05, 3.63) is 59.4 Å². The largest absolute Gasteiger partial charge is 0.492 e. The fraction of sp³-hybridized carbons (Fsp3) is 0.381. The number of rotatable bonds is 9. The molecule has 29 heavy (non-hydrogen) atoms. The molecule has 0 radical (unpaired) electrons. The van der Waals surface area contributed by atoms with Crippen LogP contribution < -0.4 is 14.4 Å². The Hall–Kier alpha value is -2.61. The third kappa shape index (κ3) is 6.45. The van der Waals surface area contributed by atoms with Crippen LogP contribution in [0.2, 0.25) is 0 Å². The smallest absolute Gasteiger partial charge is 0.244 e. The van der Waals surface area contributed by atoms with Crippen molar-refractivity contribution in [1.82, 2.24) is 5.32 Å². The van der Waals surface area contributed by atoms with E-state index in [1.54, 1.807) is 6.92 Å². The average Bonchev–Trinajstić information content (AvgIpc) is 2.62. The second-order valence-electron chi connectivity index (χ2n) is 6.92.